The number of furan rings is 1. The lowest BCUT2D eigenvalue weighted by atomic mass is 9.77. The first-order chi connectivity index (χ1) is 25.6. The molecule has 4 heteroatoms. The van der Waals surface area contributed by atoms with E-state index in [9.17, 15) is 0 Å². The van der Waals surface area contributed by atoms with Crippen LogP contribution in [-0.2, 0) is 6.42 Å². The molecule has 0 radical (unpaired) electrons. The minimum Gasteiger partial charge on any atom is -0.455 e. The van der Waals surface area contributed by atoms with Crippen LogP contribution in [0.4, 0.5) is 0 Å². The fourth-order valence-electron chi connectivity index (χ4n) is 10.0. The van der Waals surface area contributed by atoms with Crippen LogP contribution in [0, 0.1) is 6.92 Å². The van der Waals surface area contributed by atoms with Gasteiger partial charge in [0.05, 0.1) is 33.9 Å². The molecule has 2 unspecified atom stereocenters. The standard InChI is InChI=1S/C48H35N3O/c1-28-18-21-41-36-25-39-44(51-42-16-7-5-13-33(42)37-26-38-35-14-6-8-17-45(35)52-48(38)46(39)47(37)51)24-30(36)19-20-34-31-11-3-4-12-32(31)40-15-9-10-22-49(40)43(34)23-29(2)50(41)27-28/h3-18,21-22,24-27,34,43H,2,19-20,23H2,1H3/q+2. The number of aryl methyl sites for hydroxylation is 2. The van der Waals surface area contributed by atoms with Gasteiger partial charge in [-0.05, 0) is 86.0 Å². The zero-order valence-electron chi connectivity index (χ0n) is 28.9. The summed E-state index contributed by atoms with van der Waals surface area (Å²) in [7, 11) is 0. The molecule has 2 aliphatic heterocycles. The number of para-hydroxylation sites is 2. The first-order valence-electron chi connectivity index (χ1n) is 18.5. The van der Waals surface area contributed by atoms with E-state index >= 15 is 0 Å². The lowest BCUT2D eigenvalue weighted by Gasteiger charge is -2.31. The van der Waals surface area contributed by atoms with E-state index in [1.807, 2.05) is 0 Å². The molecule has 4 nitrogen and oxygen atoms in total. The van der Waals surface area contributed by atoms with Gasteiger partial charge in [-0.1, -0.05) is 54.6 Å². The van der Waals surface area contributed by atoms with Crippen LogP contribution in [0.25, 0.3) is 88.2 Å². The minimum absolute atomic E-state index is 0.258. The van der Waals surface area contributed by atoms with Crippen LogP contribution < -0.4 is 9.13 Å². The van der Waals surface area contributed by atoms with E-state index in [4.69, 9.17) is 11.0 Å². The fourth-order valence-corrected chi connectivity index (χ4v) is 10.0. The van der Waals surface area contributed by atoms with Crippen molar-refractivity contribution in [1.29, 1.82) is 0 Å². The van der Waals surface area contributed by atoms with E-state index in [-0.39, 0.29) is 6.04 Å². The highest BCUT2D eigenvalue weighted by molar-refractivity contribution is 6.33. The molecule has 2 atom stereocenters. The van der Waals surface area contributed by atoms with Gasteiger partial charge >= 0.3 is 0 Å². The molecular formula is C48H35N3O+2. The maximum absolute atomic E-state index is 6.78. The van der Waals surface area contributed by atoms with Gasteiger partial charge in [0.1, 0.15) is 11.2 Å². The van der Waals surface area contributed by atoms with Gasteiger partial charge < -0.3 is 8.82 Å². The molecule has 5 aromatic carbocycles. The number of fused-ring (bicyclic) bond motifs is 19. The summed E-state index contributed by atoms with van der Waals surface area (Å²) >= 11 is 0. The summed E-state index contributed by atoms with van der Waals surface area (Å²) in [6.07, 6.45) is 7.42. The number of hydrogen-bond donors (Lipinski definition) is 0. The zero-order valence-corrected chi connectivity index (χ0v) is 28.9. The molecular weight excluding hydrogens is 635 g/mol. The molecule has 0 fully saturated rings. The monoisotopic (exact) mass is 669 g/mol. The molecule has 12 rings (SSSR count). The second-order valence-electron chi connectivity index (χ2n) is 15.0. The van der Waals surface area contributed by atoms with E-state index in [0.29, 0.717) is 5.92 Å². The second-order valence-corrected chi connectivity index (χ2v) is 15.0. The van der Waals surface area contributed by atoms with Crippen LogP contribution in [0.15, 0.2) is 145 Å². The van der Waals surface area contributed by atoms with Crippen molar-refractivity contribution >= 4 is 65.7 Å². The third kappa shape index (κ3) is 3.66. The van der Waals surface area contributed by atoms with E-state index < -0.39 is 0 Å². The predicted molar refractivity (Wildman–Crippen MR) is 211 cm³/mol. The van der Waals surface area contributed by atoms with Crippen molar-refractivity contribution in [3.05, 3.63) is 157 Å². The number of allylic oxidation sites excluding steroid dienone is 1. The van der Waals surface area contributed by atoms with Crippen LogP contribution >= 0.6 is 0 Å². The molecule has 0 bridgehead atoms. The van der Waals surface area contributed by atoms with Crippen molar-refractivity contribution in [1.82, 2.24) is 4.40 Å². The van der Waals surface area contributed by atoms with Gasteiger partial charge in [-0.3, -0.25) is 0 Å². The van der Waals surface area contributed by atoms with E-state index in [1.165, 1.54) is 82.7 Å². The van der Waals surface area contributed by atoms with Crippen LogP contribution in [-0.4, -0.2) is 4.40 Å². The minimum atomic E-state index is 0.258. The summed E-state index contributed by atoms with van der Waals surface area (Å²) in [5, 5.41) is 7.32. The van der Waals surface area contributed by atoms with Crippen molar-refractivity contribution < 1.29 is 13.6 Å². The first kappa shape index (κ1) is 28.4. The van der Waals surface area contributed by atoms with Crippen molar-refractivity contribution in [3.8, 4) is 22.5 Å². The van der Waals surface area contributed by atoms with E-state index in [0.717, 1.165) is 41.5 Å². The normalized spacial score (nSPS) is 17.1. The van der Waals surface area contributed by atoms with Gasteiger partial charge in [0.15, 0.2) is 24.1 Å². The summed E-state index contributed by atoms with van der Waals surface area (Å²) in [6, 6.07) is 45.2. The number of hydrogen-bond acceptors (Lipinski definition) is 1. The Morgan fingerprint density at radius 3 is 2.48 bits per heavy atom. The van der Waals surface area contributed by atoms with Crippen LogP contribution in [0.1, 0.15) is 41.5 Å². The second kappa shape index (κ2) is 10.2. The molecule has 5 aromatic heterocycles. The summed E-state index contributed by atoms with van der Waals surface area (Å²) in [4.78, 5) is 0. The zero-order chi connectivity index (χ0) is 34.2. The SMILES string of the molecule is C=C1CC2C(CCc3cc4c(cc3-c3ccc(C)c[n+]31)c1c3oc5ccccc5c3cc3c5ccccc5n4c31)c1ccccc1-c1cccc[n+]12. The molecule has 0 saturated carbocycles. The summed E-state index contributed by atoms with van der Waals surface area (Å²) < 4.78 is 14.2. The average molecular weight is 670 g/mol. The van der Waals surface area contributed by atoms with E-state index in [1.54, 1.807) is 0 Å². The topological polar surface area (TPSA) is 25.3 Å². The summed E-state index contributed by atoms with van der Waals surface area (Å²) in [5.74, 6) is 0.340. The molecule has 7 heterocycles. The Morgan fingerprint density at radius 2 is 1.54 bits per heavy atom. The Hall–Kier alpha value is -6.26. The average Bonchev–Trinajstić information content (AvgIpc) is 3.83. The molecule has 0 N–H and O–H groups in total. The summed E-state index contributed by atoms with van der Waals surface area (Å²) in [5.41, 5.74) is 15.9. The number of aromatic nitrogens is 3. The van der Waals surface area contributed by atoms with Crippen molar-refractivity contribution in [2.24, 2.45) is 0 Å². The molecule has 0 saturated heterocycles. The third-order valence-electron chi connectivity index (χ3n) is 12.3. The molecule has 0 spiro atoms. The summed E-state index contributed by atoms with van der Waals surface area (Å²) in [6.45, 7) is 7.01. The van der Waals surface area contributed by atoms with Gasteiger partial charge in [-0.25, -0.2) is 0 Å². The Balaban J connectivity index is 1.19. The Labute approximate surface area is 300 Å². The highest BCUT2D eigenvalue weighted by Gasteiger charge is 2.42. The highest BCUT2D eigenvalue weighted by atomic mass is 16.3. The first-order valence-corrected chi connectivity index (χ1v) is 18.5. The molecule has 52 heavy (non-hydrogen) atoms. The Bertz CT molecular complexity index is 3160. The highest BCUT2D eigenvalue weighted by Crippen LogP contribution is 2.48. The lowest BCUT2D eigenvalue weighted by Crippen LogP contribution is -2.49. The maximum atomic E-state index is 6.78. The number of nitrogens with zero attached hydrogens (tertiary/aromatic N) is 3. The van der Waals surface area contributed by atoms with Crippen molar-refractivity contribution in [2.75, 3.05) is 0 Å². The van der Waals surface area contributed by atoms with E-state index in [2.05, 4.69) is 154 Å². The maximum Gasteiger partial charge on any atom is 0.218 e. The molecule has 0 aliphatic carbocycles. The van der Waals surface area contributed by atoms with Crippen LogP contribution in [0.2, 0.25) is 0 Å². The van der Waals surface area contributed by atoms with Crippen LogP contribution in [0.5, 0.6) is 0 Å². The number of rotatable bonds is 0. The van der Waals surface area contributed by atoms with Gasteiger partial charge in [0, 0.05) is 62.2 Å². The molecule has 2 aliphatic rings. The van der Waals surface area contributed by atoms with Gasteiger partial charge in [-0.15, -0.1) is 0 Å². The third-order valence-corrected chi connectivity index (χ3v) is 12.3. The van der Waals surface area contributed by atoms with Crippen LogP contribution in [0.3, 0.4) is 0 Å². The predicted octanol–water partition coefficient (Wildman–Crippen LogP) is 11.1. The van der Waals surface area contributed by atoms with Gasteiger partial charge in [-0.2, -0.15) is 9.13 Å². The fraction of sp³-hybridized carbons (Fsp3) is 0.125. The Kier molecular flexibility index (Phi) is 5.56. The quantitative estimate of drug-likeness (QED) is 0.148. The molecule has 0 amide bonds. The Morgan fingerprint density at radius 1 is 0.712 bits per heavy atom. The van der Waals surface area contributed by atoms with Crippen molar-refractivity contribution in [3.63, 3.8) is 0 Å². The smallest absolute Gasteiger partial charge is 0.218 e. The number of pyridine rings is 2. The number of benzene rings is 5. The largest absolute Gasteiger partial charge is 0.455 e. The molecule has 246 valence electrons. The molecule has 10 aromatic rings. The lowest BCUT2D eigenvalue weighted by molar-refractivity contribution is -0.720. The van der Waals surface area contributed by atoms with Gasteiger partial charge in [0.25, 0.3) is 0 Å². The van der Waals surface area contributed by atoms with Crippen molar-refractivity contribution in [2.45, 2.75) is 38.1 Å². The van der Waals surface area contributed by atoms with Gasteiger partial charge in [0.2, 0.25) is 11.4 Å².